The molecule has 0 saturated heterocycles. The largest absolute Gasteiger partial charge is 0.471 e. The minimum Gasteiger partial charge on any atom is -0.471 e. The molecule has 0 aliphatic heterocycles. The third-order valence-corrected chi connectivity index (χ3v) is 5.05. The summed E-state index contributed by atoms with van der Waals surface area (Å²) in [6.07, 6.45) is -1.33. The Bertz CT molecular complexity index is 1260. The number of carbonyl (C=O) groups is 1. The Morgan fingerprint density at radius 3 is 2.77 bits per heavy atom. The van der Waals surface area contributed by atoms with Crippen LogP contribution in [-0.4, -0.2) is 20.7 Å². The molecule has 6 nitrogen and oxygen atoms in total. The number of ether oxygens (including phenoxy) is 1. The number of hydrogen-bond acceptors (Lipinski definition) is 4. The van der Waals surface area contributed by atoms with E-state index in [1.54, 1.807) is 24.4 Å². The van der Waals surface area contributed by atoms with Gasteiger partial charge in [-0.25, -0.2) is 4.68 Å². The topological polar surface area (TPSA) is 69.0 Å². The molecule has 2 heterocycles. The van der Waals surface area contributed by atoms with Crippen LogP contribution in [0.4, 0.5) is 18.9 Å². The average Bonchev–Trinajstić information content (AvgIpc) is 3.23. The molecular formula is C21H14BrF3N4O2. The van der Waals surface area contributed by atoms with Crippen molar-refractivity contribution in [3.63, 3.8) is 0 Å². The van der Waals surface area contributed by atoms with Crippen LogP contribution in [0.1, 0.15) is 16.1 Å². The highest BCUT2D eigenvalue weighted by atomic mass is 79.9. The standard InChI is InChI=1S/C21H14BrF3N4O2/c22-16-6-7-17(19-15(16)5-2-9-26-19)27-20(30)18-8-10-29(28-18)12-31-14-4-1-3-13(11-14)21(23,24)25/h1-11H,12H2,(H,27,30). The van der Waals surface area contributed by atoms with E-state index in [9.17, 15) is 18.0 Å². The van der Waals surface area contributed by atoms with Crippen LogP contribution < -0.4 is 10.1 Å². The Balaban J connectivity index is 1.45. The Kier molecular flexibility index (Phi) is 5.64. The number of nitrogens with zero attached hydrogens (tertiary/aromatic N) is 3. The predicted octanol–water partition coefficient (Wildman–Crippen LogP) is 5.50. The molecule has 0 saturated carbocycles. The number of alkyl halides is 3. The summed E-state index contributed by atoms with van der Waals surface area (Å²) in [7, 11) is 0. The summed E-state index contributed by atoms with van der Waals surface area (Å²) in [6, 6.07) is 13.2. The second kappa shape index (κ2) is 8.38. The highest BCUT2D eigenvalue weighted by molar-refractivity contribution is 9.10. The van der Waals surface area contributed by atoms with Crippen molar-refractivity contribution in [3.8, 4) is 5.75 Å². The molecule has 0 spiro atoms. The van der Waals surface area contributed by atoms with Gasteiger partial charge in [0, 0.05) is 22.3 Å². The molecule has 0 fully saturated rings. The van der Waals surface area contributed by atoms with Gasteiger partial charge in [-0.15, -0.1) is 0 Å². The number of anilines is 1. The zero-order chi connectivity index (χ0) is 22.0. The van der Waals surface area contributed by atoms with Crippen molar-refractivity contribution in [2.45, 2.75) is 12.9 Å². The monoisotopic (exact) mass is 490 g/mol. The molecule has 2 aromatic carbocycles. The lowest BCUT2D eigenvalue weighted by Gasteiger charge is -2.10. The Labute approximate surface area is 182 Å². The molecule has 31 heavy (non-hydrogen) atoms. The van der Waals surface area contributed by atoms with Crippen molar-refractivity contribution in [2.75, 3.05) is 5.32 Å². The molecule has 4 aromatic rings. The fourth-order valence-corrected chi connectivity index (χ4v) is 3.33. The fourth-order valence-electron chi connectivity index (χ4n) is 2.88. The number of fused-ring (bicyclic) bond motifs is 1. The SMILES string of the molecule is O=C(Nc1ccc(Br)c2cccnc12)c1ccn(COc2cccc(C(F)(F)F)c2)n1. The van der Waals surface area contributed by atoms with E-state index >= 15 is 0 Å². The van der Waals surface area contributed by atoms with E-state index in [0.717, 1.165) is 22.0 Å². The summed E-state index contributed by atoms with van der Waals surface area (Å²) in [5, 5.41) is 7.74. The number of amides is 1. The first kappa shape index (κ1) is 20.9. The van der Waals surface area contributed by atoms with Gasteiger partial charge < -0.3 is 10.1 Å². The van der Waals surface area contributed by atoms with Crippen LogP contribution in [0.25, 0.3) is 10.9 Å². The minimum absolute atomic E-state index is 0.0451. The van der Waals surface area contributed by atoms with Crippen LogP contribution in [-0.2, 0) is 12.9 Å². The number of carbonyl (C=O) groups excluding carboxylic acids is 1. The third kappa shape index (κ3) is 4.69. The summed E-state index contributed by atoms with van der Waals surface area (Å²) in [5.74, 6) is -0.407. The third-order valence-electron chi connectivity index (χ3n) is 4.36. The Morgan fingerprint density at radius 2 is 1.97 bits per heavy atom. The van der Waals surface area contributed by atoms with E-state index < -0.39 is 17.6 Å². The van der Waals surface area contributed by atoms with Crippen LogP contribution in [0.2, 0.25) is 0 Å². The molecule has 0 aliphatic carbocycles. The van der Waals surface area contributed by atoms with Gasteiger partial charge in [-0.2, -0.15) is 18.3 Å². The molecule has 1 amide bonds. The van der Waals surface area contributed by atoms with E-state index in [4.69, 9.17) is 4.74 Å². The lowest BCUT2D eigenvalue weighted by Crippen LogP contribution is -2.14. The molecule has 0 bridgehead atoms. The van der Waals surface area contributed by atoms with Crippen molar-refractivity contribution in [1.82, 2.24) is 14.8 Å². The minimum atomic E-state index is -4.46. The zero-order valence-electron chi connectivity index (χ0n) is 15.7. The number of halogens is 4. The van der Waals surface area contributed by atoms with Gasteiger partial charge in [-0.05, 0) is 42.5 Å². The van der Waals surface area contributed by atoms with Crippen molar-refractivity contribution in [2.24, 2.45) is 0 Å². The molecule has 10 heteroatoms. The second-order valence-electron chi connectivity index (χ2n) is 6.49. The Morgan fingerprint density at radius 1 is 1.13 bits per heavy atom. The fraction of sp³-hybridized carbons (Fsp3) is 0.0952. The summed E-state index contributed by atoms with van der Waals surface area (Å²) >= 11 is 3.45. The number of nitrogens with one attached hydrogen (secondary N) is 1. The zero-order valence-corrected chi connectivity index (χ0v) is 17.3. The van der Waals surface area contributed by atoms with Crippen LogP contribution in [0.15, 0.2) is 71.5 Å². The number of rotatable bonds is 5. The first-order valence-electron chi connectivity index (χ1n) is 8.99. The molecule has 1 N–H and O–H groups in total. The molecule has 0 radical (unpaired) electrons. The number of hydrogen-bond donors (Lipinski definition) is 1. The van der Waals surface area contributed by atoms with Gasteiger partial charge in [-0.1, -0.05) is 28.1 Å². The number of pyridine rings is 1. The summed E-state index contributed by atoms with van der Waals surface area (Å²) < 4.78 is 45.9. The molecule has 4 rings (SSSR count). The predicted molar refractivity (Wildman–Crippen MR) is 112 cm³/mol. The summed E-state index contributed by atoms with van der Waals surface area (Å²) in [4.78, 5) is 16.9. The van der Waals surface area contributed by atoms with Crippen LogP contribution in [0, 0.1) is 0 Å². The van der Waals surface area contributed by atoms with Crippen LogP contribution >= 0.6 is 15.9 Å². The first-order chi connectivity index (χ1) is 14.8. The maximum atomic E-state index is 12.8. The van der Waals surface area contributed by atoms with Crippen molar-refractivity contribution < 1.29 is 22.7 Å². The van der Waals surface area contributed by atoms with Gasteiger partial charge in [0.25, 0.3) is 5.91 Å². The maximum absolute atomic E-state index is 12.8. The average molecular weight is 491 g/mol. The van der Waals surface area contributed by atoms with Gasteiger partial charge in [0.05, 0.1) is 16.8 Å². The van der Waals surface area contributed by atoms with Gasteiger partial charge >= 0.3 is 6.18 Å². The molecule has 2 aromatic heterocycles. The smallest absolute Gasteiger partial charge is 0.416 e. The maximum Gasteiger partial charge on any atom is 0.416 e. The van der Waals surface area contributed by atoms with Crippen LogP contribution in [0.5, 0.6) is 5.75 Å². The van der Waals surface area contributed by atoms with Gasteiger partial charge in [0.1, 0.15) is 5.75 Å². The van der Waals surface area contributed by atoms with Gasteiger partial charge in [0.15, 0.2) is 12.4 Å². The molecule has 158 valence electrons. The molecule has 0 atom stereocenters. The van der Waals surface area contributed by atoms with Gasteiger partial charge in [-0.3, -0.25) is 9.78 Å². The van der Waals surface area contributed by atoms with Crippen molar-refractivity contribution in [3.05, 3.63) is 82.7 Å². The number of aromatic nitrogens is 3. The van der Waals surface area contributed by atoms with Crippen molar-refractivity contribution >= 4 is 38.4 Å². The highest BCUT2D eigenvalue weighted by Crippen LogP contribution is 2.31. The first-order valence-corrected chi connectivity index (χ1v) is 9.79. The molecule has 0 unspecified atom stereocenters. The quantitative estimate of drug-likeness (QED) is 0.400. The summed E-state index contributed by atoms with van der Waals surface area (Å²) in [6.45, 7) is -0.155. The van der Waals surface area contributed by atoms with Crippen molar-refractivity contribution in [1.29, 1.82) is 0 Å². The molecule has 0 aliphatic rings. The highest BCUT2D eigenvalue weighted by Gasteiger charge is 2.30. The van der Waals surface area contributed by atoms with E-state index in [1.807, 2.05) is 6.07 Å². The molecular weight excluding hydrogens is 477 g/mol. The Hall–Kier alpha value is -3.40. The van der Waals surface area contributed by atoms with E-state index in [0.29, 0.717) is 11.2 Å². The second-order valence-corrected chi connectivity index (χ2v) is 7.34. The van der Waals surface area contributed by atoms with E-state index in [1.165, 1.54) is 29.1 Å². The van der Waals surface area contributed by atoms with Crippen LogP contribution in [0.3, 0.4) is 0 Å². The summed E-state index contributed by atoms with van der Waals surface area (Å²) in [5.41, 5.74) is 0.469. The van der Waals surface area contributed by atoms with E-state index in [2.05, 4.69) is 31.3 Å². The normalized spacial score (nSPS) is 11.5. The lowest BCUT2D eigenvalue weighted by atomic mass is 10.2. The lowest BCUT2D eigenvalue weighted by molar-refractivity contribution is -0.137. The van der Waals surface area contributed by atoms with E-state index in [-0.39, 0.29) is 18.2 Å². The van der Waals surface area contributed by atoms with Gasteiger partial charge in [0.2, 0.25) is 0 Å². The number of benzene rings is 2.